The summed E-state index contributed by atoms with van der Waals surface area (Å²) >= 11 is 5.59. The van der Waals surface area contributed by atoms with E-state index in [1.165, 1.54) is 18.7 Å². The Kier molecular flexibility index (Phi) is 10.8. The van der Waals surface area contributed by atoms with Gasteiger partial charge >= 0.3 is 18.0 Å². The van der Waals surface area contributed by atoms with Crippen molar-refractivity contribution < 1.29 is 23.9 Å². The van der Waals surface area contributed by atoms with Gasteiger partial charge in [0.1, 0.15) is 18.2 Å². The molecular weight excluding hydrogens is 665 g/mol. The number of fused-ring (bicyclic) bond motifs is 3. The van der Waals surface area contributed by atoms with Crippen LogP contribution >= 0.6 is 24.4 Å². The average Bonchev–Trinajstić information content (AvgIpc) is 3.48. The summed E-state index contributed by atoms with van der Waals surface area (Å²) in [5.41, 5.74) is 11.8. The number of nitrogens with one attached hydrogen (secondary N) is 1. The minimum atomic E-state index is -1.51. The van der Waals surface area contributed by atoms with Crippen molar-refractivity contribution >= 4 is 42.4 Å². The molecule has 1 amide bonds. The molecule has 1 aliphatic rings. The molecule has 0 bridgehead atoms. The van der Waals surface area contributed by atoms with Gasteiger partial charge in [-0.25, -0.2) is 14.4 Å². The maximum absolute atomic E-state index is 13.8. The molecular formula is C41H38N2O5S2. The molecule has 0 aromatic heterocycles. The monoisotopic (exact) mass is 702 g/mol. The summed E-state index contributed by atoms with van der Waals surface area (Å²) in [4.78, 5) is 40.2. The van der Waals surface area contributed by atoms with E-state index in [0.29, 0.717) is 0 Å². The summed E-state index contributed by atoms with van der Waals surface area (Å²) in [5.74, 6) is -2.08. The number of thiol groups is 1. The van der Waals surface area contributed by atoms with E-state index in [1.54, 1.807) is 0 Å². The molecule has 1 aliphatic carbocycles. The van der Waals surface area contributed by atoms with E-state index in [-0.39, 0.29) is 24.0 Å². The highest BCUT2D eigenvalue weighted by molar-refractivity contribution is 8.00. The predicted octanol–water partition coefficient (Wildman–Crippen LogP) is 7.34. The molecule has 5 aromatic carbocycles. The van der Waals surface area contributed by atoms with E-state index in [1.807, 2.05) is 127 Å². The number of ether oxygens (including phenoxy) is 2. The topological polar surface area (TPSA) is 108 Å². The van der Waals surface area contributed by atoms with Gasteiger partial charge in [0.15, 0.2) is 0 Å². The van der Waals surface area contributed by atoms with Crippen molar-refractivity contribution in [2.24, 2.45) is 5.73 Å². The largest absolute Gasteiger partial charge is 0.449 e. The number of amides is 1. The second kappa shape index (κ2) is 15.4. The fraction of sp³-hybridized carbons (Fsp3) is 0.195. The first kappa shape index (κ1) is 35.0. The van der Waals surface area contributed by atoms with Gasteiger partial charge in [0.2, 0.25) is 0 Å². The van der Waals surface area contributed by atoms with Crippen LogP contribution in [0.25, 0.3) is 11.1 Å². The maximum Gasteiger partial charge on any atom is 0.407 e. The van der Waals surface area contributed by atoms with Crippen LogP contribution in [-0.2, 0) is 23.8 Å². The molecule has 0 aliphatic heterocycles. The van der Waals surface area contributed by atoms with Crippen LogP contribution in [0.1, 0.15) is 40.7 Å². The quantitative estimate of drug-likeness (QED) is 0.0541. The van der Waals surface area contributed by atoms with Crippen molar-refractivity contribution in [3.63, 3.8) is 0 Å². The number of carbonyl (C=O) groups excluding carboxylic acids is 3. The molecule has 0 unspecified atom stereocenters. The number of thioether (sulfide) groups is 1. The molecule has 0 radical (unpaired) electrons. The van der Waals surface area contributed by atoms with E-state index in [2.05, 4.69) is 30.1 Å². The standard InChI is InChI=1S/C41H38N2O5S2/c1-40(42,27-49)38(45)48-37(44)36(43-39(46)47-25-35-33-23-13-11-21-31(33)32-22-12-14-24-34(32)35)26-50-41(28-15-5-2-6-16-28,29-17-7-3-8-18-29)30-19-9-4-10-20-30/h2-24,35-36,49H,25-27,42H2,1H3,(H,43,46)/t36-,40+/m0/s1. The number of esters is 2. The van der Waals surface area contributed by atoms with Crippen LogP contribution in [0.15, 0.2) is 140 Å². The first-order chi connectivity index (χ1) is 24.2. The van der Waals surface area contributed by atoms with Crippen molar-refractivity contribution in [3.05, 3.63) is 167 Å². The lowest BCUT2D eigenvalue weighted by atomic mass is 9.84. The Morgan fingerprint density at radius 2 is 1.18 bits per heavy atom. The zero-order valence-electron chi connectivity index (χ0n) is 27.5. The normalized spacial score (nSPS) is 14.1. The van der Waals surface area contributed by atoms with Crippen LogP contribution < -0.4 is 11.1 Å². The zero-order chi connectivity index (χ0) is 35.1. The third-order valence-corrected chi connectivity index (χ3v) is 11.2. The average molecular weight is 703 g/mol. The highest BCUT2D eigenvalue weighted by atomic mass is 32.2. The predicted molar refractivity (Wildman–Crippen MR) is 201 cm³/mol. The van der Waals surface area contributed by atoms with E-state index in [0.717, 1.165) is 38.9 Å². The second-order valence-electron chi connectivity index (χ2n) is 12.4. The number of carbonyl (C=O) groups is 3. The molecule has 9 heteroatoms. The highest BCUT2D eigenvalue weighted by Crippen LogP contribution is 2.49. The van der Waals surface area contributed by atoms with Crippen molar-refractivity contribution in [3.8, 4) is 11.1 Å². The Labute approximate surface area is 302 Å². The van der Waals surface area contributed by atoms with Gasteiger partial charge in [-0.3, -0.25) is 0 Å². The number of nitrogens with two attached hydrogens (primary N) is 1. The molecule has 0 saturated heterocycles. The molecule has 7 nitrogen and oxygen atoms in total. The van der Waals surface area contributed by atoms with Crippen LogP contribution in [0.5, 0.6) is 0 Å². The third-order valence-electron chi connectivity index (χ3n) is 8.92. The van der Waals surface area contributed by atoms with E-state index in [9.17, 15) is 14.4 Å². The molecule has 6 rings (SSSR count). The Bertz CT molecular complexity index is 1810. The Morgan fingerprint density at radius 3 is 1.64 bits per heavy atom. The fourth-order valence-electron chi connectivity index (χ4n) is 6.27. The number of rotatable bonds is 12. The lowest BCUT2D eigenvalue weighted by Gasteiger charge is -2.36. The maximum atomic E-state index is 13.8. The summed E-state index contributed by atoms with van der Waals surface area (Å²) in [6.45, 7) is 1.49. The van der Waals surface area contributed by atoms with Crippen LogP contribution in [0.4, 0.5) is 4.79 Å². The SMILES string of the molecule is C[C@@](N)(CS)C(=O)OC(=O)[C@H](CSC(c1ccccc1)(c1ccccc1)c1ccccc1)NC(=O)OCC1c2ccccc2-c2ccccc21. The molecule has 2 atom stereocenters. The van der Waals surface area contributed by atoms with Crippen LogP contribution in [0.2, 0.25) is 0 Å². The van der Waals surface area contributed by atoms with E-state index in [4.69, 9.17) is 15.2 Å². The summed E-state index contributed by atoms with van der Waals surface area (Å²) in [5, 5.41) is 2.72. The van der Waals surface area contributed by atoms with Crippen LogP contribution in [-0.4, -0.2) is 47.7 Å². The van der Waals surface area contributed by atoms with Crippen molar-refractivity contribution in [1.29, 1.82) is 0 Å². The Balaban J connectivity index is 1.30. The molecule has 0 fully saturated rings. The summed E-state index contributed by atoms with van der Waals surface area (Å²) in [6, 6.07) is 44.7. The highest BCUT2D eigenvalue weighted by Gasteiger charge is 2.40. The smallest absolute Gasteiger partial charge is 0.407 e. The van der Waals surface area contributed by atoms with Crippen molar-refractivity contribution in [1.82, 2.24) is 5.32 Å². The molecule has 0 spiro atoms. The molecule has 50 heavy (non-hydrogen) atoms. The number of alkyl carbamates (subject to hydrolysis) is 1. The van der Waals surface area contributed by atoms with Gasteiger partial charge in [0.05, 0.1) is 4.75 Å². The number of hydrogen-bond acceptors (Lipinski definition) is 8. The minimum Gasteiger partial charge on any atom is -0.449 e. The first-order valence-electron chi connectivity index (χ1n) is 16.3. The summed E-state index contributed by atoms with van der Waals surface area (Å²) in [7, 11) is 0. The fourth-order valence-corrected chi connectivity index (χ4v) is 7.94. The van der Waals surface area contributed by atoms with Crippen LogP contribution in [0.3, 0.4) is 0 Å². The molecule has 0 saturated carbocycles. The summed E-state index contributed by atoms with van der Waals surface area (Å²) < 4.78 is 10.3. The van der Waals surface area contributed by atoms with Gasteiger partial charge in [-0.05, 0) is 45.9 Å². The van der Waals surface area contributed by atoms with E-state index >= 15 is 0 Å². The molecule has 0 heterocycles. The van der Waals surface area contributed by atoms with Gasteiger partial charge in [0, 0.05) is 17.4 Å². The third kappa shape index (κ3) is 7.21. The second-order valence-corrected chi connectivity index (χ2v) is 13.9. The molecule has 254 valence electrons. The van der Waals surface area contributed by atoms with Crippen molar-refractivity contribution in [2.75, 3.05) is 18.1 Å². The van der Waals surface area contributed by atoms with E-state index < -0.39 is 34.4 Å². The number of hydrogen-bond donors (Lipinski definition) is 3. The van der Waals surface area contributed by atoms with Gasteiger partial charge in [0.25, 0.3) is 0 Å². The molecule has 3 N–H and O–H groups in total. The van der Waals surface area contributed by atoms with Gasteiger partial charge in [-0.15, -0.1) is 11.8 Å². The van der Waals surface area contributed by atoms with Gasteiger partial charge < -0.3 is 20.5 Å². The van der Waals surface area contributed by atoms with Crippen LogP contribution in [0, 0.1) is 0 Å². The number of benzene rings is 5. The Hall–Kier alpha value is -4.83. The minimum absolute atomic E-state index is 0.0250. The molecule has 5 aromatic rings. The van der Waals surface area contributed by atoms with Crippen molar-refractivity contribution in [2.45, 2.75) is 29.2 Å². The summed E-state index contributed by atoms with van der Waals surface area (Å²) in [6.07, 6.45) is -0.809. The zero-order valence-corrected chi connectivity index (χ0v) is 29.2. The lowest BCUT2D eigenvalue weighted by molar-refractivity contribution is -0.163. The van der Waals surface area contributed by atoms with Gasteiger partial charge in [-0.2, -0.15) is 12.6 Å². The van der Waals surface area contributed by atoms with Gasteiger partial charge in [-0.1, -0.05) is 140 Å². The Morgan fingerprint density at radius 1 is 0.740 bits per heavy atom. The first-order valence-corrected chi connectivity index (χ1v) is 17.9. The lowest BCUT2D eigenvalue weighted by Crippen LogP contribution is -2.52.